The number of carboxylic acids is 1. The van der Waals surface area contributed by atoms with Gasteiger partial charge in [-0.3, -0.25) is 5.43 Å². The van der Waals surface area contributed by atoms with Gasteiger partial charge in [-0.1, -0.05) is 35.9 Å². The van der Waals surface area contributed by atoms with Gasteiger partial charge in [-0.15, -0.1) is 0 Å². The fourth-order valence-electron chi connectivity index (χ4n) is 2.37. The van der Waals surface area contributed by atoms with Crippen molar-refractivity contribution in [1.82, 2.24) is 0 Å². The number of hydrazone groups is 1. The van der Waals surface area contributed by atoms with Crippen LogP contribution in [0.3, 0.4) is 0 Å². The fourth-order valence-corrected chi connectivity index (χ4v) is 2.57. The predicted molar refractivity (Wildman–Crippen MR) is 107 cm³/mol. The second kappa shape index (κ2) is 9.01. The molecule has 0 saturated carbocycles. The van der Waals surface area contributed by atoms with Gasteiger partial charge in [-0.25, -0.2) is 9.18 Å². The van der Waals surface area contributed by atoms with Crippen molar-refractivity contribution in [3.8, 4) is 5.75 Å². The van der Waals surface area contributed by atoms with E-state index in [-0.39, 0.29) is 16.4 Å². The van der Waals surface area contributed by atoms with Crippen LogP contribution in [0.5, 0.6) is 5.75 Å². The van der Waals surface area contributed by atoms with Crippen LogP contribution in [-0.2, 0) is 6.61 Å². The standard InChI is InChI=1S/C21H16ClFN2O3/c22-20-9-8-17(11-19(20)21(26)27)25-24-12-15-2-1-3-18(10-15)28-13-14-4-6-16(23)7-5-14/h1-12,25H,13H2,(H,26,27)/b24-12+. The maximum Gasteiger partial charge on any atom is 0.337 e. The molecule has 0 saturated heterocycles. The van der Waals surface area contributed by atoms with E-state index in [1.165, 1.54) is 24.3 Å². The van der Waals surface area contributed by atoms with Gasteiger partial charge in [-0.2, -0.15) is 5.10 Å². The maximum absolute atomic E-state index is 12.9. The van der Waals surface area contributed by atoms with Crippen LogP contribution in [0.1, 0.15) is 21.5 Å². The Morgan fingerprint density at radius 3 is 2.68 bits per heavy atom. The molecule has 0 aliphatic rings. The molecule has 2 N–H and O–H groups in total. The number of hydrogen-bond acceptors (Lipinski definition) is 4. The number of carbonyl (C=O) groups is 1. The van der Waals surface area contributed by atoms with E-state index >= 15 is 0 Å². The van der Waals surface area contributed by atoms with Gasteiger partial charge in [-0.05, 0) is 53.6 Å². The summed E-state index contributed by atoms with van der Waals surface area (Å²) in [5.41, 5.74) is 4.92. The zero-order chi connectivity index (χ0) is 19.9. The van der Waals surface area contributed by atoms with Crippen molar-refractivity contribution in [2.24, 2.45) is 5.10 Å². The minimum absolute atomic E-state index is 0.00180. The normalized spacial score (nSPS) is 10.8. The lowest BCUT2D eigenvalue weighted by molar-refractivity contribution is 0.0697. The number of benzene rings is 3. The Balaban J connectivity index is 1.61. The lowest BCUT2D eigenvalue weighted by atomic mass is 10.2. The molecule has 0 radical (unpaired) electrons. The van der Waals surface area contributed by atoms with Gasteiger partial charge in [0.1, 0.15) is 18.2 Å². The van der Waals surface area contributed by atoms with Gasteiger partial charge in [0.15, 0.2) is 0 Å². The molecule has 3 aromatic rings. The van der Waals surface area contributed by atoms with Crippen LogP contribution in [0.2, 0.25) is 5.02 Å². The number of halogens is 2. The third-order valence-electron chi connectivity index (χ3n) is 3.78. The van der Waals surface area contributed by atoms with Crippen molar-refractivity contribution in [2.75, 3.05) is 5.43 Å². The monoisotopic (exact) mass is 398 g/mol. The molecule has 0 aromatic heterocycles. The minimum atomic E-state index is -1.11. The Labute approximate surface area is 166 Å². The second-order valence-electron chi connectivity index (χ2n) is 5.86. The Kier molecular flexibility index (Phi) is 6.24. The summed E-state index contributed by atoms with van der Waals surface area (Å²) in [7, 11) is 0. The van der Waals surface area contributed by atoms with E-state index in [1.54, 1.807) is 30.5 Å². The highest BCUT2D eigenvalue weighted by molar-refractivity contribution is 6.33. The molecule has 3 aromatic carbocycles. The Morgan fingerprint density at radius 1 is 1.14 bits per heavy atom. The van der Waals surface area contributed by atoms with Crippen LogP contribution < -0.4 is 10.2 Å². The van der Waals surface area contributed by atoms with Crippen molar-refractivity contribution >= 4 is 29.5 Å². The Hall–Kier alpha value is -3.38. The van der Waals surface area contributed by atoms with E-state index in [1.807, 2.05) is 18.2 Å². The molecule has 0 bridgehead atoms. The van der Waals surface area contributed by atoms with Crippen LogP contribution in [0.4, 0.5) is 10.1 Å². The molecule has 0 aliphatic heterocycles. The van der Waals surface area contributed by atoms with Crippen molar-refractivity contribution in [3.63, 3.8) is 0 Å². The van der Waals surface area contributed by atoms with E-state index in [2.05, 4.69) is 10.5 Å². The zero-order valence-corrected chi connectivity index (χ0v) is 15.4. The van der Waals surface area contributed by atoms with Crippen LogP contribution in [0, 0.1) is 5.82 Å². The molecule has 0 amide bonds. The third kappa shape index (κ3) is 5.31. The number of anilines is 1. The lowest BCUT2D eigenvalue weighted by Gasteiger charge is -2.07. The molecule has 3 rings (SSSR count). The van der Waals surface area contributed by atoms with Crippen molar-refractivity contribution in [3.05, 3.63) is 94.3 Å². The molecule has 0 heterocycles. The summed E-state index contributed by atoms with van der Waals surface area (Å²) in [5, 5.41) is 13.4. The number of hydrogen-bond donors (Lipinski definition) is 2. The van der Waals surface area contributed by atoms with Crippen molar-refractivity contribution in [2.45, 2.75) is 6.61 Å². The van der Waals surface area contributed by atoms with E-state index in [0.717, 1.165) is 11.1 Å². The molecule has 28 heavy (non-hydrogen) atoms. The summed E-state index contributed by atoms with van der Waals surface area (Å²) in [4.78, 5) is 11.1. The summed E-state index contributed by atoms with van der Waals surface area (Å²) in [6.45, 7) is 0.321. The molecule has 0 spiro atoms. The topological polar surface area (TPSA) is 70.9 Å². The molecule has 0 atom stereocenters. The van der Waals surface area contributed by atoms with E-state index in [4.69, 9.17) is 21.4 Å². The van der Waals surface area contributed by atoms with Crippen LogP contribution in [0.15, 0.2) is 71.8 Å². The number of ether oxygens (including phenoxy) is 1. The first-order chi connectivity index (χ1) is 13.5. The first-order valence-electron chi connectivity index (χ1n) is 8.30. The predicted octanol–water partition coefficient (Wildman–Crippen LogP) is 5.20. The number of nitrogens with zero attached hydrogens (tertiary/aromatic N) is 1. The molecule has 142 valence electrons. The summed E-state index contributed by atoms with van der Waals surface area (Å²) in [6.07, 6.45) is 1.58. The Morgan fingerprint density at radius 2 is 1.93 bits per heavy atom. The molecule has 0 fully saturated rings. The lowest BCUT2D eigenvalue weighted by Crippen LogP contribution is -1.99. The molecular weight excluding hydrogens is 383 g/mol. The number of carboxylic acid groups (broad SMARTS) is 1. The van der Waals surface area contributed by atoms with E-state index < -0.39 is 5.97 Å². The summed E-state index contributed by atoms with van der Waals surface area (Å²) >= 11 is 5.84. The van der Waals surface area contributed by atoms with Crippen molar-refractivity contribution < 1.29 is 19.0 Å². The second-order valence-corrected chi connectivity index (χ2v) is 6.26. The average molecular weight is 399 g/mol. The number of aromatic carboxylic acids is 1. The molecule has 7 heteroatoms. The SMILES string of the molecule is O=C(O)c1cc(N/N=C/c2cccc(OCc3ccc(F)cc3)c2)ccc1Cl. The highest BCUT2D eigenvalue weighted by Gasteiger charge is 2.08. The van der Waals surface area contributed by atoms with E-state index in [0.29, 0.717) is 18.0 Å². The smallest absolute Gasteiger partial charge is 0.337 e. The molecular formula is C21H16ClFN2O3. The van der Waals surface area contributed by atoms with Gasteiger partial charge in [0.25, 0.3) is 0 Å². The van der Waals surface area contributed by atoms with Gasteiger partial charge in [0.2, 0.25) is 0 Å². The van der Waals surface area contributed by atoms with Gasteiger partial charge < -0.3 is 9.84 Å². The summed E-state index contributed by atoms with van der Waals surface area (Å²) in [5.74, 6) is -0.748. The quantitative estimate of drug-likeness (QED) is 0.423. The number of rotatable bonds is 7. The molecule has 5 nitrogen and oxygen atoms in total. The van der Waals surface area contributed by atoms with Crippen LogP contribution in [0.25, 0.3) is 0 Å². The molecule has 0 unspecified atom stereocenters. The van der Waals surface area contributed by atoms with Gasteiger partial charge in [0.05, 0.1) is 22.5 Å². The highest BCUT2D eigenvalue weighted by atomic mass is 35.5. The van der Waals surface area contributed by atoms with E-state index in [9.17, 15) is 9.18 Å². The first kappa shape index (κ1) is 19.4. The van der Waals surface area contributed by atoms with Crippen LogP contribution >= 0.6 is 11.6 Å². The first-order valence-corrected chi connectivity index (χ1v) is 8.68. The Bertz CT molecular complexity index is 1010. The summed E-state index contributed by atoms with van der Waals surface area (Å²) in [6, 6.07) is 17.9. The van der Waals surface area contributed by atoms with Crippen LogP contribution in [-0.4, -0.2) is 17.3 Å². The summed E-state index contributed by atoms with van der Waals surface area (Å²) < 4.78 is 18.6. The third-order valence-corrected chi connectivity index (χ3v) is 4.11. The average Bonchev–Trinajstić information content (AvgIpc) is 2.69. The number of nitrogens with one attached hydrogen (secondary N) is 1. The maximum atomic E-state index is 12.9. The fraction of sp³-hybridized carbons (Fsp3) is 0.0476. The van der Waals surface area contributed by atoms with Gasteiger partial charge >= 0.3 is 5.97 Å². The largest absolute Gasteiger partial charge is 0.489 e. The zero-order valence-electron chi connectivity index (χ0n) is 14.6. The van der Waals surface area contributed by atoms with Gasteiger partial charge in [0, 0.05) is 0 Å². The molecule has 0 aliphatic carbocycles. The van der Waals surface area contributed by atoms with Crippen molar-refractivity contribution in [1.29, 1.82) is 0 Å². The minimum Gasteiger partial charge on any atom is -0.489 e. The highest BCUT2D eigenvalue weighted by Crippen LogP contribution is 2.20.